The van der Waals surface area contributed by atoms with Gasteiger partial charge in [0.1, 0.15) is 18.2 Å². The van der Waals surface area contributed by atoms with E-state index in [1.54, 1.807) is 25.6 Å². The molecular formula is C22H26N6O2. The third kappa shape index (κ3) is 3.99. The molecule has 30 heavy (non-hydrogen) atoms. The van der Waals surface area contributed by atoms with Gasteiger partial charge in [-0.2, -0.15) is 0 Å². The summed E-state index contributed by atoms with van der Waals surface area (Å²) in [4.78, 5) is 15.3. The smallest absolute Gasteiger partial charge is 0.258 e. The molecule has 0 saturated heterocycles. The maximum atomic E-state index is 6.02. The van der Waals surface area contributed by atoms with Crippen LogP contribution in [0.2, 0.25) is 0 Å². The molecule has 0 aliphatic carbocycles. The SMILES string of the molecule is COc1cnc(N)cc1COc1nc(-c2cc(C)c3c(c2)CN(C)CC3)cnc1N. The van der Waals surface area contributed by atoms with Crippen molar-refractivity contribution in [1.82, 2.24) is 19.9 Å². The Bertz CT molecular complexity index is 1090. The summed E-state index contributed by atoms with van der Waals surface area (Å²) in [6.45, 7) is 4.34. The van der Waals surface area contributed by atoms with E-state index in [1.807, 2.05) is 0 Å². The zero-order valence-electron chi connectivity index (χ0n) is 17.5. The van der Waals surface area contributed by atoms with Gasteiger partial charge >= 0.3 is 0 Å². The number of ether oxygens (including phenoxy) is 2. The van der Waals surface area contributed by atoms with Crippen molar-refractivity contribution in [2.45, 2.75) is 26.5 Å². The number of pyridine rings is 1. The third-order valence-electron chi connectivity index (χ3n) is 5.37. The first-order valence-electron chi connectivity index (χ1n) is 9.79. The number of fused-ring (bicyclic) bond motifs is 1. The van der Waals surface area contributed by atoms with Crippen LogP contribution in [0.25, 0.3) is 11.3 Å². The minimum atomic E-state index is 0.187. The molecule has 0 saturated carbocycles. The maximum absolute atomic E-state index is 6.02. The number of nitrogens with two attached hydrogens (primary N) is 2. The van der Waals surface area contributed by atoms with Crippen LogP contribution in [0, 0.1) is 6.92 Å². The van der Waals surface area contributed by atoms with Gasteiger partial charge in [-0.15, -0.1) is 0 Å². The first-order chi connectivity index (χ1) is 14.4. The van der Waals surface area contributed by atoms with Crippen molar-refractivity contribution in [3.8, 4) is 22.9 Å². The number of hydrogen-bond donors (Lipinski definition) is 2. The van der Waals surface area contributed by atoms with E-state index in [0.717, 1.165) is 36.3 Å². The Morgan fingerprint density at radius 2 is 1.97 bits per heavy atom. The Balaban J connectivity index is 1.62. The van der Waals surface area contributed by atoms with Crippen molar-refractivity contribution in [1.29, 1.82) is 0 Å². The third-order valence-corrected chi connectivity index (χ3v) is 5.37. The van der Waals surface area contributed by atoms with Gasteiger partial charge in [-0.25, -0.2) is 15.0 Å². The summed E-state index contributed by atoms with van der Waals surface area (Å²) < 4.78 is 11.2. The predicted molar refractivity (Wildman–Crippen MR) is 116 cm³/mol. The predicted octanol–water partition coefficient (Wildman–Crippen LogP) is 2.59. The van der Waals surface area contributed by atoms with Gasteiger partial charge in [0, 0.05) is 24.2 Å². The molecule has 3 heterocycles. The maximum Gasteiger partial charge on any atom is 0.258 e. The number of aryl methyl sites for hydroxylation is 1. The van der Waals surface area contributed by atoms with Gasteiger partial charge in [0.05, 0.1) is 25.2 Å². The fourth-order valence-corrected chi connectivity index (χ4v) is 3.78. The van der Waals surface area contributed by atoms with Crippen LogP contribution in [0.15, 0.2) is 30.6 Å². The van der Waals surface area contributed by atoms with Crippen molar-refractivity contribution in [2.24, 2.45) is 0 Å². The molecule has 2 aromatic heterocycles. The highest BCUT2D eigenvalue weighted by atomic mass is 16.5. The second kappa shape index (κ2) is 8.16. The highest BCUT2D eigenvalue weighted by molar-refractivity contribution is 5.64. The molecule has 0 bridgehead atoms. The number of anilines is 2. The van der Waals surface area contributed by atoms with Crippen LogP contribution in [0.3, 0.4) is 0 Å². The van der Waals surface area contributed by atoms with Gasteiger partial charge in [-0.1, -0.05) is 0 Å². The molecule has 0 radical (unpaired) electrons. The average molecular weight is 406 g/mol. The summed E-state index contributed by atoms with van der Waals surface area (Å²) in [6, 6.07) is 6.05. The summed E-state index contributed by atoms with van der Waals surface area (Å²) in [5, 5.41) is 0. The molecule has 0 spiro atoms. The number of benzene rings is 1. The van der Waals surface area contributed by atoms with Crippen LogP contribution >= 0.6 is 0 Å². The molecule has 8 nitrogen and oxygen atoms in total. The molecule has 4 N–H and O–H groups in total. The van der Waals surface area contributed by atoms with E-state index in [1.165, 1.54) is 16.7 Å². The van der Waals surface area contributed by atoms with Gasteiger partial charge in [0.2, 0.25) is 0 Å². The minimum absolute atomic E-state index is 0.187. The number of rotatable bonds is 5. The molecule has 0 unspecified atom stereocenters. The second-order valence-electron chi connectivity index (χ2n) is 7.57. The molecule has 1 aliphatic heterocycles. The Kier molecular flexibility index (Phi) is 5.41. The monoisotopic (exact) mass is 406 g/mol. The topological polar surface area (TPSA) is 112 Å². The molecule has 0 amide bonds. The van der Waals surface area contributed by atoms with Crippen molar-refractivity contribution < 1.29 is 9.47 Å². The van der Waals surface area contributed by atoms with E-state index in [9.17, 15) is 0 Å². The highest BCUT2D eigenvalue weighted by Gasteiger charge is 2.18. The van der Waals surface area contributed by atoms with Gasteiger partial charge < -0.3 is 25.8 Å². The van der Waals surface area contributed by atoms with E-state index >= 15 is 0 Å². The van der Waals surface area contributed by atoms with Crippen LogP contribution < -0.4 is 20.9 Å². The molecule has 1 aliphatic rings. The molecule has 1 aromatic carbocycles. The van der Waals surface area contributed by atoms with Crippen molar-refractivity contribution in [3.63, 3.8) is 0 Å². The van der Waals surface area contributed by atoms with Crippen LogP contribution in [0.4, 0.5) is 11.6 Å². The van der Waals surface area contributed by atoms with Gasteiger partial charge in [0.15, 0.2) is 5.82 Å². The van der Waals surface area contributed by atoms with Crippen LogP contribution in [-0.4, -0.2) is 40.6 Å². The first kappa shape index (κ1) is 19.9. The van der Waals surface area contributed by atoms with Gasteiger partial charge in [-0.05, 0) is 55.3 Å². The zero-order chi connectivity index (χ0) is 21.3. The van der Waals surface area contributed by atoms with Crippen molar-refractivity contribution in [3.05, 3.63) is 52.8 Å². The highest BCUT2D eigenvalue weighted by Crippen LogP contribution is 2.30. The molecule has 0 fully saturated rings. The molecule has 3 aromatic rings. The van der Waals surface area contributed by atoms with Crippen LogP contribution in [-0.2, 0) is 19.6 Å². The normalized spacial score (nSPS) is 13.7. The Labute approximate surface area is 175 Å². The number of nitrogen functional groups attached to an aromatic ring is 2. The van der Waals surface area contributed by atoms with Gasteiger partial charge in [0.25, 0.3) is 5.88 Å². The van der Waals surface area contributed by atoms with E-state index in [2.05, 4.69) is 46.0 Å². The van der Waals surface area contributed by atoms with Gasteiger partial charge in [-0.3, -0.25) is 0 Å². The van der Waals surface area contributed by atoms with Crippen LogP contribution in [0.5, 0.6) is 11.6 Å². The Hall–Kier alpha value is -3.39. The molecule has 8 heteroatoms. The fourth-order valence-electron chi connectivity index (χ4n) is 3.78. The standard InChI is InChI=1S/C22H26N6O2/c1-13-6-14(7-15-11-28(2)5-4-17(13)15)18-9-26-21(24)22(27-18)30-12-16-8-20(23)25-10-19(16)29-3/h6-10H,4-5,11-12H2,1-3H3,(H2,23,25)(H2,24,26). The van der Waals surface area contributed by atoms with E-state index in [0.29, 0.717) is 11.6 Å². The molecule has 4 rings (SSSR count). The van der Waals surface area contributed by atoms with Crippen LogP contribution in [0.1, 0.15) is 22.3 Å². The van der Waals surface area contributed by atoms with E-state index in [-0.39, 0.29) is 18.3 Å². The fraction of sp³-hybridized carbons (Fsp3) is 0.318. The van der Waals surface area contributed by atoms with Crippen molar-refractivity contribution in [2.75, 3.05) is 32.2 Å². The number of methoxy groups -OCH3 is 1. The lowest BCUT2D eigenvalue weighted by Crippen LogP contribution is -2.27. The average Bonchev–Trinajstić information content (AvgIpc) is 2.73. The largest absolute Gasteiger partial charge is 0.495 e. The quantitative estimate of drug-likeness (QED) is 0.665. The molecular weight excluding hydrogens is 380 g/mol. The number of aromatic nitrogens is 3. The minimum Gasteiger partial charge on any atom is -0.495 e. The zero-order valence-corrected chi connectivity index (χ0v) is 17.5. The second-order valence-corrected chi connectivity index (χ2v) is 7.57. The number of hydrogen-bond acceptors (Lipinski definition) is 8. The molecule has 0 atom stereocenters. The summed E-state index contributed by atoms with van der Waals surface area (Å²) >= 11 is 0. The summed E-state index contributed by atoms with van der Waals surface area (Å²) in [5.74, 6) is 1.48. The molecule has 156 valence electrons. The lowest BCUT2D eigenvalue weighted by molar-refractivity contribution is 0.286. The number of nitrogens with zero attached hydrogens (tertiary/aromatic N) is 4. The summed E-state index contributed by atoms with van der Waals surface area (Å²) in [5.41, 5.74) is 18.3. The lowest BCUT2D eigenvalue weighted by atomic mass is 9.92. The number of likely N-dealkylation sites (N-methyl/N-ethyl adjacent to an activating group) is 1. The lowest BCUT2D eigenvalue weighted by Gasteiger charge is -2.27. The van der Waals surface area contributed by atoms with E-state index in [4.69, 9.17) is 20.9 Å². The van der Waals surface area contributed by atoms with Crippen molar-refractivity contribution >= 4 is 11.6 Å². The Morgan fingerprint density at radius 1 is 1.13 bits per heavy atom. The van der Waals surface area contributed by atoms with E-state index < -0.39 is 0 Å². The first-order valence-corrected chi connectivity index (χ1v) is 9.79. The summed E-state index contributed by atoms with van der Waals surface area (Å²) in [7, 11) is 3.71. The summed E-state index contributed by atoms with van der Waals surface area (Å²) in [6.07, 6.45) is 4.31. The Morgan fingerprint density at radius 3 is 2.77 bits per heavy atom.